The first-order valence-corrected chi connectivity index (χ1v) is 7.42. The van der Waals surface area contributed by atoms with E-state index in [1.807, 2.05) is 18.2 Å². The first kappa shape index (κ1) is 15.0. The van der Waals surface area contributed by atoms with Crippen LogP contribution >= 0.6 is 0 Å². The minimum absolute atomic E-state index is 0.0226. The summed E-state index contributed by atoms with van der Waals surface area (Å²) in [6.45, 7) is 1.44. The van der Waals surface area contributed by atoms with Crippen molar-refractivity contribution in [2.75, 3.05) is 11.9 Å². The average Bonchev–Trinajstić information content (AvgIpc) is 2.61. The monoisotopic (exact) mass is 306 g/mol. The molecule has 2 N–H and O–H groups in total. The normalized spacial score (nSPS) is 30.9. The fourth-order valence-corrected chi connectivity index (χ4v) is 3.11. The van der Waals surface area contributed by atoms with E-state index in [2.05, 4.69) is 5.32 Å². The molecule has 1 saturated carbocycles. The van der Waals surface area contributed by atoms with E-state index in [9.17, 15) is 14.0 Å². The van der Waals surface area contributed by atoms with Gasteiger partial charge >= 0.3 is 0 Å². The molecule has 5 nitrogen and oxygen atoms in total. The van der Waals surface area contributed by atoms with Crippen molar-refractivity contribution >= 4 is 17.5 Å². The molecule has 0 aromatic heterocycles. The van der Waals surface area contributed by atoms with Crippen molar-refractivity contribution in [2.24, 2.45) is 5.92 Å². The Labute approximate surface area is 128 Å². The van der Waals surface area contributed by atoms with Gasteiger partial charge in [-0.3, -0.25) is 9.59 Å². The van der Waals surface area contributed by atoms with Crippen LogP contribution in [0.1, 0.15) is 25.3 Å². The van der Waals surface area contributed by atoms with Gasteiger partial charge in [0.05, 0.1) is 6.61 Å². The van der Waals surface area contributed by atoms with Gasteiger partial charge in [0.2, 0.25) is 11.8 Å². The van der Waals surface area contributed by atoms with Gasteiger partial charge in [-0.25, -0.2) is 4.39 Å². The molecule has 0 spiro atoms. The standard InChI is InChI=1S/C16H19FN2O3/c1-10-14(21)18-13-5-3-2-4-11(13)8-19(10)15(22)12-6-16(17,7-12)9-20/h2-5,10,12,20H,6-9H2,1H3,(H,18,21). The number of halogens is 1. The number of hydrogen-bond acceptors (Lipinski definition) is 3. The number of para-hydroxylation sites is 1. The Morgan fingerprint density at radius 2 is 2.14 bits per heavy atom. The van der Waals surface area contributed by atoms with Gasteiger partial charge in [-0.1, -0.05) is 18.2 Å². The van der Waals surface area contributed by atoms with Crippen molar-refractivity contribution in [3.8, 4) is 0 Å². The van der Waals surface area contributed by atoms with Crippen LogP contribution in [-0.4, -0.2) is 40.1 Å². The van der Waals surface area contributed by atoms with E-state index in [1.54, 1.807) is 13.0 Å². The van der Waals surface area contributed by atoms with E-state index in [0.717, 1.165) is 5.56 Å². The van der Waals surface area contributed by atoms with E-state index in [0.29, 0.717) is 12.2 Å². The fraction of sp³-hybridized carbons (Fsp3) is 0.500. The van der Waals surface area contributed by atoms with Gasteiger partial charge in [0, 0.05) is 18.2 Å². The zero-order valence-electron chi connectivity index (χ0n) is 12.4. The molecule has 1 aliphatic heterocycles. The number of rotatable bonds is 2. The van der Waals surface area contributed by atoms with Gasteiger partial charge in [-0.2, -0.15) is 0 Å². The molecule has 2 amide bonds. The Hall–Kier alpha value is -1.95. The van der Waals surface area contributed by atoms with Gasteiger partial charge < -0.3 is 15.3 Å². The summed E-state index contributed by atoms with van der Waals surface area (Å²) in [6, 6.07) is 6.73. The summed E-state index contributed by atoms with van der Waals surface area (Å²) in [4.78, 5) is 26.3. The second-order valence-corrected chi connectivity index (χ2v) is 6.20. The predicted molar refractivity (Wildman–Crippen MR) is 78.7 cm³/mol. The number of amides is 2. The highest BCUT2D eigenvalue weighted by atomic mass is 19.1. The zero-order chi connectivity index (χ0) is 15.9. The quantitative estimate of drug-likeness (QED) is 0.869. The highest BCUT2D eigenvalue weighted by molar-refractivity contribution is 5.98. The largest absolute Gasteiger partial charge is 0.393 e. The van der Waals surface area contributed by atoms with Gasteiger partial charge in [0.15, 0.2) is 0 Å². The van der Waals surface area contributed by atoms with E-state index < -0.39 is 24.2 Å². The Kier molecular flexibility index (Phi) is 3.64. The number of aliphatic hydroxyl groups excluding tert-OH is 1. The molecule has 3 rings (SSSR count). The fourth-order valence-electron chi connectivity index (χ4n) is 3.11. The lowest BCUT2D eigenvalue weighted by atomic mass is 9.72. The molecular formula is C16H19FN2O3. The van der Waals surface area contributed by atoms with Crippen LogP contribution < -0.4 is 5.32 Å². The van der Waals surface area contributed by atoms with Crippen LogP contribution in [0.4, 0.5) is 10.1 Å². The summed E-state index contributed by atoms with van der Waals surface area (Å²) in [5.41, 5.74) is -0.0738. The van der Waals surface area contributed by atoms with E-state index in [1.165, 1.54) is 4.90 Å². The lowest BCUT2D eigenvalue weighted by molar-refractivity contribution is -0.152. The summed E-state index contributed by atoms with van der Waals surface area (Å²) < 4.78 is 13.8. The second kappa shape index (κ2) is 5.35. The van der Waals surface area contributed by atoms with Crippen LogP contribution in [0.25, 0.3) is 0 Å². The summed E-state index contributed by atoms with van der Waals surface area (Å²) in [6.07, 6.45) is 0.0453. The summed E-state index contributed by atoms with van der Waals surface area (Å²) in [5.74, 6) is -0.926. The molecule has 0 saturated heterocycles. The second-order valence-electron chi connectivity index (χ2n) is 6.20. The van der Waals surface area contributed by atoms with Crippen molar-refractivity contribution in [3.05, 3.63) is 29.8 Å². The lowest BCUT2D eigenvalue weighted by Gasteiger charge is -2.42. The third kappa shape index (κ3) is 2.47. The van der Waals surface area contributed by atoms with E-state index in [-0.39, 0.29) is 24.7 Å². The minimum atomic E-state index is -1.64. The number of hydrogen-bond donors (Lipinski definition) is 2. The molecule has 22 heavy (non-hydrogen) atoms. The Balaban J connectivity index is 1.81. The van der Waals surface area contributed by atoms with Crippen LogP contribution in [0.15, 0.2) is 24.3 Å². The number of benzene rings is 1. The van der Waals surface area contributed by atoms with E-state index >= 15 is 0 Å². The highest BCUT2D eigenvalue weighted by Gasteiger charge is 2.49. The Morgan fingerprint density at radius 3 is 2.82 bits per heavy atom. The van der Waals surface area contributed by atoms with Crippen LogP contribution in [-0.2, 0) is 16.1 Å². The molecule has 1 aromatic rings. The number of nitrogens with one attached hydrogen (secondary N) is 1. The van der Waals surface area contributed by atoms with Gasteiger partial charge in [0.1, 0.15) is 11.7 Å². The SMILES string of the molecule is CC1C(=O)Nc2ccccc2CN1C(=O)C1CC(F)(CO)C1. The number of carbonyl (C=O) groups excluding carboxylic acids is 2. The molecule has 1 fully saturated rings. The van der Waals surface area contributed by atoms with Crippen LogP contribution in [0.5, 0.6) is 0 Å². The molecule has 0 bridgehead atoms. The Bertz CT molecular complexity index is 613. The van der Waals surface area contributed by atoms with Crippen molar-refractivity contribution < 1.29 is 19.1 Å². The van der Waals surface area contributed by atoms with Gasteiger partial charge in [0.25, 0.3) is 0 Å². The van der Waals surface area contributed by atoms with Crippen LogP contribution in [0, 0.1) is 5.92 Å². The van der Waals surface area contributed by atoms with E-state index in [4.69, 9.17) is 5.11 Å². The molecule has 1 aliphatic carbocycles. The van der Waals surface area contributed by atoms with Crippen molar-refractivity contribution in [1.82, 2.24) is 4.90 Å². The minimum Gasteiger partial charge on any atom is -0.393 e. The molecule has 1 unspecified atom stereocenters. The van der Waals surface area contributed by atoms with Crippen molar-refractivity contribution in [2.45, 2.75) is 38.0 Å². The maximum Gasteiger partial charge on any atom is 0.246 e. The maximum absolute atomic E-state index is 13.8. The number of nitrogens with zero attached hydrogens (tertiary/aromatic N) is 1. The van der Waals surface area contributed by atoms with Crippen LogP contribution in [0.2, 0.25) is 0 Å². The molecule has 118 valence electrons. The molecule has 2 aliphatic rings. The first-order valence-electron chi connectivity index (χ1n) is 7.42. The number of alkyl halides is 1. The number of anilines is 1. The predicted octanol–water partition coefficient (Wildman–Crippen LogP) is 1.47. The summed E-state index contributed by atoms with van der Waals surface area (Å²) >= 11 is 0. The highest BCUT2D eigenvalue weighted by Crippen LogP contribution is 2.42. The average molecular weight is 306 g/mol. The molecular weight excluding hydrogens is 287 g/mol. The topological polar surface area (TPSA) is 69.6 Å². The molecule has 1 atom stereocenters. The summed E-state index contributed by atoms with van der Waals surface area (Å²) in [5, 5.41) is 11.8. The van der Waals surface area contributed by atoms with Crippen LogP contribution in [0.3, 0.4) is 0 Å². The summed E-state index contributed by atoms with van der Waals surface area (Å²) in [7, 11) is 0. The first-order chi connectivity index (χ1) is 10.4. The Morgan fingerprint density at radius 1 is 1.45 bits per heavy atom. The smallest absolute Gasteiger partial charge is 0.246 e. The number of fused-ring (bicyclic) bond motifs is 1. The third-order valence-corrected chi connectivity index (χ3v) is 4.60. The lowest BCUT2D eigenvalue weighted by Crippen LogP contribution is -2.53. The molecule has 6 heteroatoms. The number of carbonyl (C=O) groups is 2. The molecule has 1 aromatic carbocycles. The van der Waals surface area contributed by atoms with Crippen molar-refractivity contribution in [3.63, 3.8) is 0 Å². The molecule has 0 radical (unpaired) electrons. The van der Waals surface area contributed by atoms with Gasteiger partial charge in [-0.05, 0) is 31.4 Å². The van der Waals surface area contributed by atoms with Gasteiger partial charge in [-0.15, -0.1) is 0 Å². The maximum atomic E-state index is 13.8. The zero-order valence-corrected chi connectivity index (χ0v) is 12.4. The van der Waals surface area contributed by atoms with Crippen molar-refractivity contribution in [1.29, 1.82) is 0 Å². The molecule has 1 heterocycles. The number of aliphatic hydroxyl groups is 1. The third-order valence-electron chi connectivity index (χ3n) is 4.60.